The molecule has 27 heavy (non-hydrogen) atoms. The number of ether oxygens (including phenoxy) is 1. The second-order valence-corrected chi connectivity index (χ2v) is 8.29. The van der Waals surface area contributed by atoms with Crippen molar-refractivity contribution in [1.29, 1.82) is 0 Å². The zero-order chi connectivity index (χ0) is 18.5. The van der Waals surface area contributed by atoms with E-state index in [0.29, 0.717) is 22.8 Å². The van der Waals surface area contributed by atoms with Crippen LogP contribution < -0.4 is 4.74 Å². The molecule has 0 spiro atoms. The molecule has 1 fully saturated rings. The Kier molecular flexibility index (Phi) is 4.18. The van der Waals surface area contributed by atoms with Crippen LogP contribution in [0.1, 0.15) is 45.6 Å². The van der Waals surface area contributed by atoms with Crippen molar-refractivity contribution >= 4 is 23.2 Å². The lowest BCUT2D eigenvalue weighted by Crippen LogP contribution is -2.03. The maximum absolute atomic E-state index is 6.60. The van der Waals surface area contributed by atoms with Gasteiger partial charge in [-0.15, -0.1) is 0 Å². The van der Waals surface area contributed by atoms with Gasteiger partial charge in [-0.05, 0) is 76.6 Å². The summed E-state index contributed by atoms with van der Waals surface area (Å²) in [5, 5.41) is 1.55. The number of hydrogen-bond acceptors (Lipinski definition) is 1. The van der Waals surface area contributed by atoms with Gasteiger partial charge in [0.15, 0.2) is 0 Å². The van der Waals surface area contributed by atoms with E-state index in [2.05, 4.69) is 48.5 Å². The van der Waals surface area contributed by atoms with Gasteiger partial charge in [0.1, 0.15) is 5.75 Å². The summed E-state index contributed by atoms with van der Waals surface area (Å²) >= 11 is 12.9. The first kappa shape index (κ1) is 17.2. The van der Waals surface area contributed by atoms with E-state index >= 15 is 0 Å². The summed E-state index contributed by atoms with van der Waals surface area (Å²) in [5.41, 5.74) is 6.93. The van der Waals surface area contributed by atoms with Crippen LogP contribution in [-0.2, 0) is 12.8 Å². The van der Waals surface area contributed by atoms with Gasteiger partial charge in [-0.25, -0.2) is 0 Å². The van der Waals surface area contributed by atoms with E-state index < -0.39 is 0 Å². The third kappa shape index (κ3) is 2.76. The smallest absolute Gasteiger partial charge is 0.137 e. The second-order valence-electron chi connectivity index (χ2n) is 7.48. The summed E-state index contributed by atoms with van der Waals surface area (Å²) in [7, 11) is 1.67. The minimum Gasteiger partial charge on any atom is -0.495 e. The number of hydrogen-bond donors (Lipinski definition) is 0. The van der Waals surface area contributed by atoms with Crippen molar-refractivity contribution in [3.63, 3.8) is 0 Å². The minimum atomic E-state index is 0.424. The molecule has 5 rings (SSSR count). The Hall–Kier alpha value is -1.96. The Labute approximate surface area is 169 Å². The first-order valence-electron chi connectivity index (χ1n) is 9.37. The van der Waals surface area contributed by atoms with Crippen molar-refractivity contribution in [2.45, 2.75) is 30.6 Å². The van der Waals surface area contributed by atoms with E-state index in [4.69, 9.17) is 27.9 Å². The van der Waals surface area contributed by atoms with Crippen LogP contribution in [0.25, 0.3) is 0 Å². The zero-order valence-corrected chi connectivity index (χ0v) is 16.6. The molecule has 136 valence electrons. The van der Waals surface area contributed by atoms with Gasteiger partial charge in [0.05, 0.1) is 12.1 Å². The van der Waals surface area contributed by atoms with Gasteiger partial charge in [0.2, 0.25) is 0 Å². The molecule has 2 aliphatic carbocycles. The monoisotopic (exact) mass is 394 g/mol. The molecule has 3 aromatic rings. The lowest BCUT2D eigenvalue weighted by atomic mass is 9.89. The summed E-state index contributed by atoms with van der Waals surface area (Å²) in [6, 6.07) is 21.4. The quantitative estimate of drug-likeness (QED) is 0.466. The molecule has 3 heteroatoms. The molecule has 0 radical (unpaired) electrons. The van der Waals surface area contributed by atoms with E-state index in [0.717, 1.165) is 23.6 Å². The molecule has 1 saturated carbocycles. The molecule has 2 aliphatic rings. The lowest BCUT2D eigenvalue weighted by molar-refractivity contribution is 0.414. The Morgan fingerprint density at radius 2 is 1.56 bits per heavy atom. The van der Waals surface area contributed by atoms with Crippen molar-refractivity contribution in [1.82, 2.24) is 0 Å². The average molecular weight is 395 g/mol. The Bertz CT molecular complexity index is 1030. The number of halogens is 2. The van der Waals surface area contributed by atoms with Crippen molar-refractivity contribution in [3.8, 4) is 5.75 Å². The van der Waals surface area contributed by atoms with Gasteiger partial charge in [0.25, 0.3) is 0 Å². The molecule has 3 aromatic carbocycles. The third-order valence-electron chi connectivity index (χ3n) is 6.15. The average Bonchev–Trinajstić information content (AvgIpc) is 3.40. The Morgan fingerprint density at radius 1 is 0.778 bits per heavy atom. The maximum atomic E-state index is 6.60. The first-order valence-corrected chi connectivity index (χ1v) is 10.1. The van der Waals surface area contributed by atoms with Crippen molar-refractivity contribution in [3.05, 3.63) is 98.5 Å². The molecule has 0 aliphatic heterocycles. The standard InChI is InChI=1S/C24H20Cl2O/c1-27-21-13-15(10-12-20(21)26)22-23-16-6-3-2-5-14(16)9-11-17-18(24(22)23)7-4-8-19(17)25/h2-8,10,12-13,22-24H,9,11H2,1H3. The number of benzene rings is 3. The first-order chi connectivity index (χ1) is 13.2. The highest BCUT2D eigenvalue weighted by Gasteiger charge is 2.54. The molecule has 0 amide bonds. The number of methoxy groups -OCH3 is 1. The third-order valence-corrected chi connectivity index (χ3v) is 6.82. The molecule has 0 bridgehead atoms. The van der Waals surface area contributed by atoms with Gasteiger partial charge < -0.3 is 4.74 Å². The molecule has 3 atom stereocenters. The van der Waals surface area contributed by atoms with Crippen molar-refractivity contribution in [2.24, 2.45) is 0 Å². The fourth-order valence-electron chi connectivity index (χ4n) is 4.88. The lowest BCUT2D eigenvalue weighted by Gasteiger charge is -2.17. The second kappa shape index (κ2) is 6.58. The van der Waals surface area contributed by atoms with E-state index in [1.54, 1.807) is 7.11 Å². The van der Waals surface area contributed by atoms with Crippen LogP contribution in [0.2, 0.25) is 10.0 Å². The molecule has 0 N–H and O–H groups in total. The molecular formula is C24H20Cl2O. The highest BCUT2D eigenvalue weighted by Crippen LogP contribution is 2.68. The summed E-state index contributed by atoms with van der Waals surface area (Å²) in [6.45, 7) is 0. The van der Waals surface area contributed by atoms with Crippen molar-refractivity contribution < 1.29 is 4.74 Å². The fraction of sp³-hybridized carbons (Fsp3) is 0.250. The molecule has 0 aromatic heterocycles. The number of fused-ring (bicyclic) bond motifs is 5. The fourth-order valence-corrected chi connectivity index (χ4v) is 5.35. The minimum absolute atomic E-state index is 0.424. The van der Waals surface area contributed by atoms with E-state index in [1.807, 2.05) is 12.1 Å². The maximum Gasteiger partial charge on any atom is 0.137 e. The van der Waals surface area contributed by atoms with Gasteiger partial charge in [0, 0.05) is 5.02 Å². The predicted octanol–water partition coefficient (Wildman–Crippen LogP) is 6.77. The highest BCUT2D eigenvalue weighted by atomic mass is 35.5. The molecule has 0 heterocycles. The zero-order valence-electron chi connectivity index (χ0n) is 15.1. The van der Waals surface area contributed by atoms with E-state index in [-0.39, 0.29) is 0 Å². The summed E-state index contributed by atoms with van der Waals surface area (Å²) in [6.07, 6.45) is 2.03. The van der Waals surface area contributed by atoms with Crippen LogP contribution in [0.4, 0.5) is 0 Å². The molecule has 0 saturated heterocycles. The Balaban J connectivity index is 1.67. The summed E-state index contributed by atoms with van der Waals surface area (Å²) in [5.74, 6) is 2.09. The summed E-state index contributed by atoms with van der Waals surface area (Å²) in [4.78, 5) is 0. The summed E-state index contributed by atoms with van der Waals surface area (Å²) < 4.78 is 5.47. The predicted molar refractivity (Wildman–Crippen MR) is 112 cm³/mol. The normalized spacial score (nSPS) is 22.7. The number of aryl methyl sites for hydroxylation is 1. The van der Waals surface area contributed by atoms with Crippen LogP contribution >= 0.6 is 23.2 Å². The Morgan fingerprint density at radius 3 is 2.41 bits per heavy atom. The van der Waals surface area contributed by atoms with Gasteiger partial charge >= 0.3 is 0 Å². The van der Waals surface area contributed by atoms with Gasteiger partial charge in [-0.2, -0.15) is 0 Å². The van der Waals surface area contributed by atoms with Crippen molar-refractivity contribution in [2.75, 3.05) is 7.11 Å². The SMILES string of the molecule is COc1cc(C2C3c4ccccc4CCc4c(Cl)cccc4C23)ccc1Cl. The van der Waals surface area contributed by atoms with Gasteiger partial charge in [-0.1, -0.05) is 65.7 Å². The van der Waals surface area contributed by atoms with Crippen LogP contribution in [0.3, 0.4) is 0 Å². The van der Waals surface area contributed by atoms with Gasteiger partial charge in [-0.3, -0.25) is 0 Å². The van der Waals surface area contributed by atoms with E-state index in [1.165, 1.54) is 27.8 Å². The highest BCUT2D eigenvalue weighted by molar-refractivity contribution is 6.32. The van der Waals surface area contributed by atoms with E-state index in [9.17, 15) is 0 Å². The molecule has 1 nitrogen and oxygen atoms in total. The topological polar surface area (TPSA) is 9.23 Å². The van der Waals surface area contributed by atoms with Crippen LogP contribution in [0, 0.1) is 0 Å². The largest absolute Gasteiger partial charge is 0.495 e. The van der Waals surface area contributed by atoms with Crippen LogP contribution in [0.5, 0.6) is 5.75 Å². The number of rotatable bonds is 2. The van der Waals surface area contributed by atoms with Crippen LogP contribution in [-0.4, -0.2) is 7.11 Å². The molecular weight excluding hydrogens is 375 g/mol. The van der Waals surface area contributed by atoms with Crippen LogP contribution in [0.15, 0.2) is 60.7 Å². The molecule has 3 unspecified atom stereocenters.